The van der Waals surface area contributed by atoms with Gasteiger partial charge in [0.1, 0.15) is 108 Å². The predicted molar refractivity (Wildman–Crippen MR) is 276 cm³/mol. The van der Waals surface area contributed by atoms with Crippen molar-refractivity contribution in [1.82, 2.24) is 58.6 Å². The minimum absolute atomic E-state index is 0.0162. The molecule has 0 saturated carbocycles. The van der Waals surface area contributed by atoms with E-state index in [4.69, 9.17) is 27.8 Å². The summed E-state index contributed by atoms with van der Waals surface area (Å²) in [7, 11) is -5.09. The fraction of sp³-hybridized carbons (Fsp3) is 0.294. The van der Waals surface area contributed by atoms with E-state index in [9.17, 15) is 64.9 Å². The van der Waals surface area contributed by atoms with Crippen LogP contribution in [0.3, 0.4) is 0 Å². The van der Waals surface area contributed by atoms with Gasteiger partial charge in [0.15, 0.2) is 35.6 Å². The number of aromatic nitrogens is 12. The van der Waals surface area contributed by atoms with Gasteiger partial charge in [-0.2, -0.15) is 0 Å². The minimum Gasteiger partial charge on any atom is -0.478 e. The highest BCUT2D eigenvalue weighted by atomic mass is 31.2. The summed E-state index contributed by atoms with van der Waals surface area (Å²) in [6, 6.07) is 17.8. The third kappa shape index (κ3) is 10.1. The lowest BCUT2D eigenvalue weighted by Gasteiger charge is -2.24. The van der Waals surface area contributed by atoms with E-state index >= 15 is 0 Å². The molecular formula is C51H45N12O19P. The number of ether oxygens (including phenoxy) is 3. The van der Waals surface area contributed by atoms with Crippen LogP contribution in [0, 0.1) is 0 Å². The Kier molecular flexibility index (Phi) is 14.6. The molecule has 0 amide bonds. The minimum atomic E-state index is -5.09. The first kappa shape index (κ1) is 55.0. The SMILES string of the molecule is O=C(O)c1cccc(-c2ncnc3c2ncn3[C@@H]2O[C@H](COP(=O)(OC[C@H]3O[C@@H](n4cnc5c(-c6cccc(C(=O)O)c6)ncnc54)[C@H](O)[C@@H]3O)OC[C@H]3O[C@@H](n4cnc5c(-c6cccc(C(=O)O)c6)ncnc54)[C@H](O)[C@@H]3O)[C@@H](O)[C@H]2O)c1. The standard InChI is InChI=1S/C51H45N12O19P/c64-37-28(80-46(40(37)67)61-19-58-34-31(52-16-55-43(34)61)22-4-1-7-25(10-22)49(70)71)13-77-83(76,78-14-29-38(65)41(68)47(81-29)62-20-59-35-32(53-17-56-44(35)62)23-5-2-8-26(11-23)50(72)73)79-15-30-39(66)42(69)48(82-30)63-21-60-36-33(54-18-57-45(36)63)24-6-3-9-27(12-24)51(74)75/h1-12,16-21,28-30,37-42,46-48,64-69H,13-15H2,(H,70,71)(H,72,73)(H,74,75)/t28-,29-,30-,37-,38-,39-,40-,41-,42-,46-,47-,48-/m1/s1. The number of aliphatic hydroxyl groups excluding tert-OH is 6. The number of rotatable bonds is 18. The number of fused-ring (bicyclic) bond motifs is 3. The maximum absolute atomic E-state index is 14.9. The molecule has 6 aromatic heterocycles. The van der Waals surface area contributed by atoms with Crippen LogP contribution in [0.2, 0.25) is 0 Å². The summed E-state index contributed by atoms with van der Waals surface area (Å²) in [4.78, 5) is 74.2. The van der Waals surface area contributed by atoms with Gasteiger partial charge in [-0.05, 0) is 36.4 Å². The lowest BCUT2D eigenvalue weighted by molar-refractivity contribution is -0.0723. The number of carboxylic acids is 3. The van der Waals surface area contributed by atoms with E-state index in [1.54, 1.807) is 18.2 Å². The van der Waals surface area contributed by atoms with Gasteiger partial charge in [0.25, 0.3) is 0 Å². The second-order valence-corrected chi connectivity index (χ2v) is 20.9. The number of phosphoric ester groups is 1. The number of carbonyl (C=O) groups is 3. The van der Waals surface area contributed by atoms with E-state index in [2.05, 4.69) is 44.9 Å². The van der Waals surface area contributed by atoms with Crippen LogP contribution in [0.15, 0.2) is 111 Å². The number of imidazole rings is 3. The number of carboxylic acid groups (broad SMARTS) is 3. The van der Waals surface area contributed by atoms with E-state index in [0.717, 1.165) is 0 Å². The number of aromatic carboxylic acids is 3. The van der Waals surface area contributed by atoms with Crippen molar-refractivity contribution < 1.29 is 92.7 Å². The van der Waals surface area contributed by atoms with Crippen molar-refractivity contribution in [2.75, 3.05) is 19.8 Å². The molecule has 0 unspecified atom stereocenters. The summed E-state index contributed by atoms with van der Waals surface area (Å²) in [5.74, 6) is -3.52. The van der Waals surface area contributed by atoms with Crippen molar-refractivity contribution in [2.24, 2.45) is 0 Å². The molecule has 428 valence electrons. The molecule has 32 heteroatoms. The summed E-state index contributed by atoms with van der Waals surface area (Å²) in [6.07, 6.45) is -11.8. The molecule has 9 aromatic rings. The van der Waals surface area contributed by atoms with Crippen molar-refractivity contribution in [1.29, 1.82) is 0 Å². The second-order valence-electron chi connectivity index (χ2n) is 19.3. The van der Waals surface area contributed by atoms with Crippen LogP contribution >= 0.6 is 7.82 Å². The Morgan fingerprint density at radius 2 is 0.723 bits per heavy atom. The Hall–Kier alpha value is -8.53. The molecule has 83 heavy (non-hydrogen) atoms. The second kappa shape index (κ2) is 22.0. The van der Waals surface area contributed by atoms with Crippen molar-refractivity contribution in [3.63, 3.8) is 0 Å². The zero-order valence-corrected chi connectivity index (χ0v) is 43.3. The molecule has 3 saturated heterocycles. The monoisotopic (exact) mass is 1160 g/mol. The molecule has 3 aliphatic heterocycles. The Bertz CT molecular complexity index is 3630. The average Bonchev–Trinajstić information content (AvgIpc) is 4.56. The summed E-state index contributed by atoms with van der Waals surface area (Å²) in [5.41, 5.74) is 2.75. The van der Waals surface area contributed by atoms with Crippen LogP contribution in [-0.4, -0.2) is 197 Å². The van der Waals surface area contributed by atoms with E-state index in [-0.39, 0.29) is 67.3 Å². The smallest absolute Gasteiger partial charge is 0.475 e. The normalized spacial score (nSPS) is 25.5. The summed E-state index contributed by atoms with van der Waals surface area (Å²) in [5, 5.41) is 97.1. The van der Waals surface area contributed by atoms with Gasteiger partial charge in [0, 0.05) is 16.7 Å². The average molecular weight is 1160 g/mol. The Balaban J connectivity index is 0.791. The first-order chi connectivity index (χ1) is 40.0. The fourth-order valence-electron chi connectivity index (χ4n) is 10.0. The number of nitrogens with zero attached hydrogens (tertiary/aromatic N) is 12. The van der Waals surface area contributed by atoms with Crippen molar-refractivity contribution in [3.8, 4) is 33.8 Å². The maximum atomic E-state index is 14.9. The highest BCUT2D eigenvalue weighted by molar-refractivity contribution is 7.48. The first-order valence-electron chi connectivity index (χ1n) is 25.1. The highest BCUT2D eigenvalue weighted by Gasteiger charge is 2.50. The Morgan fingerprint density at radius 3 is 1.00 bits per heavy atom. The van der Waals surface area contributed by atoms with Crippen LogP contribution in [0.5, 0.6) is 0 Å². The molecule has 3 aliphatic rings. The van der Waals surface area contributed by atoms with Gasteiger partial charge in [-0.3, -0.25) is 27.3 Å². The number of benzene rings is 3. The zero-order valence-electron chi connectivity index (χ0n) is 42.4. The molecule has 0 bridgehead atoms. The number of phosphoric acid groups is 1. The van der Waals surface area contributed by atoms with E-state index in [0.29, 0.717) is 16.7 Å². The van der Waals surface area contributed by atoms with Crippen LogP contribution in [-0.2, 0) is 32.3 Å². The molecule has 12 rings (SSSR count). The van der Waals surface area contributed by atoms with E-state index in [1.165, 1.54) is 106 Å². The molecule has 0 radical (unpaired) electrons. The number of aliphatic hydroxyl groups is 6. The van der Waals surface area contributed by atoms with E-state index < -0.39 is 119 Å². The molecule has 9 N–H and O–H groups in total. The Labute approximate surface area is 463 Å². The topological polar surface area (TPSA) is 437 Å². The summed E-state index contributed by atoms with van der Waals surface area (Å²) in [6.45, 7) is -2.51. The highest BCUT2D eigenvalue weighted by Crippen LogP contribution is 2.52. The van der Waals surface area contributed by atoms with Gasteiger partial charge in [-0.15, -0.1) is 0 Å². The molecule has 12 atom stereocenters. The summed E-state index contributed by atoms with van der Waals surface area (Å²) < 4.78 is 54.4. The zero-order chi connectivity index (χ0) is 58.0. The van der Waals surface area contributed by atoms with Crippen LogP contribution in [0.25, 0.3) is 67.3 Å². The van der Waals surface area contributed by atoms with Crippen molar-refractivity contribution in [3.05, 3.63) is 127 Å². The quantitative estimate of drug-likeness (QED) is 0.0551. The molecule has 0 aliphatic carbocycles. The number of hydrogen-bond acceptors (Lipinski definition) is 25. The lowest BCUT2D eigenvalue weighted by Crippen LogP contribution is -2.35. The van der Waals surface area contributed by atoms with E-state index in [1.807, 2.05) is 0 Å². The van der Waals surface area contributed by atoms with Gasteiger partial charge in [-0.25, -0.2) is 63.8 Å². The van der Waals surface area contributed by atoms with Crippen molar-refractivity contribution >= 4 is 59.2 Å². The van der Waals surface area contributed by atoms with Crippen LogP contribution in [0.4, 0.5) is 0 Å². The summed E-state index contributed by atoms with van der Waals surface area (Å²) >= 11 is 0. The van der Waals surface area contributed by atoms with Gasteiger partial charge >= 0.3 is 25.7 Å². The molecule has 3 fully saturated rings. The molecule has 3 aromatic carbocycles. The lowest BCUT2D eigenvalue weighted by atomic mass is 10.1. The first-order valence-corrected chi connectivity index (χ1v) is 26.5. The fourth-order valence-corrected chi connectivity index (χ4v) is 11.3. The third-order valence-corrected chi connectivity index (χ3v) is 15.6. The molecule has 9 heterocycles. The van der Waals surface area contributed by atoms with Crippen molar-refractivity contribution in [2.45, 2.75) is 73.6 Å². The van der Waals surface area contributed by atoms with Crippen LogP contribution < -0.4 is 0 Å². The molecule has 31 nitrogen and oxygen atoms in total. The molecular weight excluding hydrogens is 1120 g/mol. The maximum Gasteiger partial charge on any atom is 0.475 e. The largest absolute Gasteiger partial charge is 0.478 e. The van der Waals surface area contributed by atoms with Crippen LogP contribution in [0.1, 0.15) is 49.8 Å². The molecule has 0 spiro atoms. The van der Waals surface area contributed by atoms with Gasteiger partial charge < -0.3 is 60.2 Å². The Morgan fingerprint density at radius 1 is 0.434 bits per heavy atom. The van der Waals surface area contributed by atoms with Gasteiger partial charge in [-0.1, -0.05) is 36.4 Å². The van der Waals surface area contributed by atoms with Gasteiger partial charge in [0.2, 0.25) is 0 Å². The predicted octanol–water partition coefficient (Wildman–Crippen LogP) is 1.62. The van der Waals surface area contributed by atoms with Gasteiger partial charge in [0.05, 0.1) is 55.5 Å². The number of hydrogen-bond donors (Lipinski definition) is 9. The third-order valence-electron chi connectivity index (χ3n) is 14.3.